The molecule has 0 radical (unpaired) electrons. The molecule has 1 aromatic rings. The van der Waals surface area contributed by atoms with Crippen molar-refractivity contribution in [3.63, 3.8) is 0 Å². The molecule has 2 aliphatic rings. The van der Waals surface area contributed by atoms with Crippen LogP contribution >= 0.6 is 11.6 Å². The molecule has 1 atom stereocenters. The first-order valence-corrected chi connectivity index (χ1v) is 9.38. The molecule has 2 heterocycles. The Morgan fingerprint density at radius 3 is 2.56 bits per heavy atom. The second-order valence-electron chi connectivity index (χ2n) is 8.04. The highest BCUT2D eigenvalue weighted by Crippen LogP contribution is 2.32. The summed E-state index contributed by atoms with van der Waals surface area (Å²) in [5.74, 6) is 0.821. The smallest absolute Gasteiger partial charge is 0.410 e. The summed E-state index contributed by atoms with van der Waals surface area (Å²) >= 11 is 5.98. The fourth-order valence-corrected chi connectivity index (χ4v) is 3.46. The number of amides is 1. The van der Waals surface area contributed by atoms with E-state index in [1.807, 2.05) is 38.7 Å². The Balaban J connectivity index is 1.72. The number of aromatic nitrogens is 2. The lowest BCUT2D eigenvalue weighted by atomic mass is 9.90. The molecule has 3 rings (SSSR count). The SMILES string of the molecule is Cc1cc(N2CC[C@H](N(C(=O)OC(C)(C)C)C3CCC3)C2)nnc1Cl. The fraction of sp³-hybridized carbons (Fsp3) is 0.722. The van der Waals surface area contributed by atoms with Crippen LogP contribution in [0.2, 0.25) is 5.15 Å². The van der Waals surface area contributed by atoms with E-state index in [0.29, 0.717) is 11.2 Å². The molecule has 1 aliphatic carbocycles. The van der Waals surface area contributed by atoms with Crippen molar-refractivity contribution >= 4 is 23.5 Å². The third-order valence-corrected chi connectivity index (χ3v) is 5.24. The minimum absolute atomic E-state index is 0.151. The predicted octanol–water partition coefficient (Wildman–Crippen LogP) is 3.81. The Hall–Kier alpha value is -1.56. The van der Waals surface area contributed by atoms with E-state index >= 15 is 0 Å². The van der Waals surface area contributed by atoms with Crippen molar-refractivity contribution in [1.82, 2.24) is 15.1 Å². The maximum Gasteiger partial charge on any atom is 0.410 e. The number of halogens is 1. The number of ether oxygens (including phenoxy) is 1. The number of carbonyl (C=O) groups excluding carboxylic acids is 1. The lowest BCUT2D eigenvalue weighted by Gasteiger charge is -2.41. The van der Waals surface area contributed by atoms with Crippen LogP contribution in [0.4, 0.5) is 10.6 Å². The molecule has 0 spiro atoms. The number of nitrogens with zero attached hydrogens (tertiary/aromatic N) is 4. The summed E-state index contributed by atoms with van der Waals surface area (Å²) in [6, 6.07) is 2.41. The number of carbonyl (C=O) groups is 1. The van der Waals surface area contributed by atoms with Gasteiger partial charge in [0.1, 0.15) is 5.60 Å². The van der Waals surface area contributed by atoms with E-state index in [2.05, 4.69) is 15.1 Å². The molecule has 0 aromatic carbocycles. The molecule has 0 unspecified atom stereocenters. The Bertz CT molecular complexity index is 642. The van der Waals surface area contributed by atoms with Gasteiger partial charge in [-0.15, -0.1) is 10.2 Å². The standard InChI is InChI=1S/C18H27ClN4O2/c1-12-10-15(20-21-16(12)19)22-9-8-14(11-22)23(13-6-5-7-13)17(24)25-18(2,3)4/h10,13-14H,5-9,11H2,1-4H3/t14-/m0/s1. The summed E-state index contributed by atoms with van der Waals surface area (Å²) < 4.78 is 5.67. The van der Waals surface area contributed by atoms with Gasteiger partial charge in [-0.2, -0.15) is 0 Å². The molecule has 1 saturated carbocycles. The monoisotopic (exact) mass is 366 g/mol. The second-order valence-corrected chi connectivity index (χ2v) is 8.40. The topological polar surface area (TPSA) is 58.6 Å². The van der Waals surface area contributed by atoms with Crippen LogP contribution in [0, 0.1) is 6.92 Å². The van der Waals surface area contributed by atoms with Gasteiger partial charge >= 0.3 is 6.09 Å². The molecule has 7 heteroatoms. The minimum Gasteiger partial charge on any atom is -0.444 e. The van der Waals surface area contributed by atoms with Crippen molar-refractivity contribution in [1.29, 1.82) is 0 Å². The molecule has 138 valence electrons. The van der Waals surface area contributed by atoms with Gasteiger partial charge in [0.05, 0.1) is 6.04 Å². The van der Waals surface area contributed by atoms with Crippen molar-refractivity contribution in [2.45, 2.75) is 71.1 Å². The number of hydrogen-bond acceptors (Lipinski definition) is 5. The van der Waals surface area contributed by atoms with Crippen molar-refractivity contribution in [2.24, 2.45) is 0 Å². The van der Waals surface area contributed by atoms with Crippen molar-refractivity contribution in [3.8, 4) is 0 Å². The summed E-state index contributed by atoms with van der Waals surface area (Å²) in [5.41, 5.74) is 0.439. The van der Waals surface area contributed by atoms with E-state index in [-0.39, 0.29) is 12.1 Å². The quantitative estimate of drug-likeness (QED) is 0.814. The predicted molar refractivity (Wildman–Crippen MR) is 98.1 cm³/mol. The average Bonchev–Trinajstić information content (AvgIpc) is 2.92. The molecule has 1 amide bonds. The molecule has 0 N–H and O–H groups in total. The van der Waals surface area contributed by atoms with Gasteiger partial charge in [0, 0.05) is 19.1 Å². The van der Waals surface area contributed by atoms with Gasteiger partial charge in [0.25, 0.3) is 0 Å². The highest BCUT2D eigenvalue weighted by Gasteiger charge is 2.40. The third kappa shape index (κ3) is 4.17. The Morgan fingerprint density at radius 2 is 2.00 bits per heavy atom. The van der Waals surface area contributed by atoms with E-state index in [1.54, 1.807) is 0 Å². The zero-order valence-electron chi connectivity index (χ0n) is 15.5. The van der Waals surface area contributed by atoms with Crippen LogP contribution in [-0.4, -0.2) is 52.0 Å². The van der Waals surface area contributed by atoms with Crippen LogP contribution in [0.1, 0.15) is 52.0 Å². The first-order valence-electron chi connectivity index (χ1n) is 9.00. The molecule has 1 aromatic heterocycles. The fourth-order valence-electron chi connectivity index (χ4n) is 3.36. The van der Waals surface area contributed by atoms with Crippen molar-refractivity contribution in [3.05, 3.63) is 16.8 Å². The zero-order valence-corrected chi connectivity index (χ0v) is 16.2. The first-order chi connectivity index (χ1) is 11.7. The highest BCUT2D eigenvalue weighted by molar-refractivity contribution is 6.30. The van der Waals surface area contributed by atoms with Crippen LogP contribution in [0.15, 0.2) is 6.07 Å². The van der Waals surface area contributed by atoms with Gasteiger partial charge < -0.3 is 14.5 Å². The van der Waals surface area contributed by atoms with Crippen LogP contribution < -0.4 is 4.90 Å². The normalized spacial score (nSPS) is 21.2. The van der Waals surface area contributed by atoms with Crippen LogP contribution in [-0.2, 0) is 4.74 Å². The maximum atomic E-state index is 12.8. The van der Waals surface area contributed by atoms with E-state index < -0.39 is 5.60 Å². The van der Waals surface area contributed by atoms with E-state index in [0.717, 1.165) is 43.7 Å². The summed E-state index contributed by atoms with van der Waals surface area (Å²) in [7, 11) is 0. The van der Waals surface area contributed by atoms with E-state index in [4.69, 9.17) is 16.3 Å². The van der Waals surface area contributed by atoms with Gasteiger partial charge in [-0.25, -0.2) is 4.79 Å². The Morgan fingerprint density at radius 1 is 1.28 bits per heavy atom. The molecule has 2 fully saturated rings. The number of anilines is 1. The number of rotatable bonds is 3. The number of hydrogen-bond donors (Lipinski definition) is 0. The highest BCUT2D eigenvalue weighted by atomic mass is 35.5. The van der Waals surface area contributed by atoms with Gasteiger partial charge in [-0.3, -0.25) is 0 Å². The Labute approximate surface area is 154 Å². The summed E-state index contributed by atoms with van der Waals surface area (Å²) in [6.07, 6.45) is 4.04. The van der Waals surface area contributed by atoms with Crippen LogP contribution in [0.5, 0.6) is 0 Å². The largest absolute Gasteiger partial charge is 0.444 e. The Kier molecular flexibility index (Phi) is 5.09. The lowest BCUT2D eigenvalue weighted by molar-refractivity contribution is -0.00350. The van der Waals surface area contributed by atoms with Gasteiger partial charge in [-0.05, 0) is 65.0 Å². The summed E-state index contributed by atoms with van der Waals surface area (Å²) in [4.78, 5) is 16.9. The molecule has 1 aliphatic heterocycles. The molecule has 0 bridgehead atoms. The van der Waals surface area contributed by atoms with Gasteiger partial charge in [-0.1, -0.05) is 11.6 Å². The molecular weight excluding hydrogens is 340 g/mol. The van der Waals surface area contributed by atoms with Crippen LogP contribution in [0.25, 0.3) is 0 Å². The van der Waals surface area contributed by atoms with E-state index in [1.165, 1.54) is 6.42 Å². The van der Waals surface area contributed by atoms with E-state index in [9.17, 15) is 4.79 Å². The summed E-state index contributed by atoms with van der Waals surface area (Å²) in [5, 5.41) is 8.65. The van der Waals surface area contributed by atoms with Gasteiger partial charge in [0.2, 0.25) is 0 Å². The second kappa shape index (κ2) is 6.98. The van der Waals surface area contributed by atoms with Gasteiger partial charge in [0.15, 0.2) is 11.0 Å². The summed E-state index contributed by atoms with van der Waals surface area (Å²) in [6.45, 7) is 9.28. The zero-order chi connectivity index (χ0) is 18.2. The van der Waals surface area contributed by atoms with Crippen molar-refractivity contribution < 1.29 is 9.53 Å². The third-order valence-electron chi connectivity index (χ3n) is 4.86. The molecule has 25 heavy (non-hydrogen) atoms. The minimum atomic E-state index is -0.476. The lowest BCUT2D eigenvalue weighted by Crippen LogP contribution is -2.52. The van der Waals surface area contributed by atoms with Crippen molar-refractivity contribution in [2.75, 3.05) is 18.0 Å². The maximum absolute atomic E-state index is 12.8. The van der Waals surface area contributed by atoms with Crippen LogP contribution in [0.3, 0.4) is 0 Å². The first kappa shape index (κ1) is 18.2. The molecule has 6 nitrogen and oxygen atoms in total. The average molecular weight is 367 g/mol. The number of aryl methyl sites for hydroxylation is 1. The molecular formula is C18H27ClN4O2. The molecule has 1 saturated heterocycles.